The van der Waals surface area contributed by atoms with Crippen LogP contribution in [0.3, 0.4) is 0 Å². The number of ether oxygens (including phenoxy) is 1. The molecule has 0 N–H and O–H groups in total. The number of hydrogen-bond donors (Lipinski definition) is 0. The minimum atomic E-state index is -0.624. The molecule has 5 rings (SSSR count). The summed E-state index contributed by atoms with van der Waals surface area (Å²) in [5.41, 5.74) is 0.669. The summed E-state index contributed by atoms with van der Waals surface area (Å²) in [6.07, 6.45) is 0.884. The molecule has 1 heterocycles. The van der Waals surface area contributed by atoms with E-state index in [2.05, 4.69) is 31.9 Å². The number of nitrogens with zero attached hydrogens (tertiary/aromatic N) is 1. The Morgan fingerprint density at radius 1 is 0.935 bits per heavy atom. The molecule has 3 fully saturated rings. The van der Waals surface area contributed by atoms with Crippen molar-refractivity contribution in [3.05, 3.63) is 58.1 Å². The van der Waals surface area contributed by atoms with Gasteiger partial charge in [0.1, 0.15) is 5.75 Å². The number of benzene rings is 2. The van der Waals surface area contributed by atoms with Crippen LogP contribution in [0, 0.1) is 23.7 Å². The molecule has 0 unspecified atom stereocenters. The minimum Gasteiger partial charge on any atom is -0.423 e. The number of esters is 1. The van der Waals surface area contributed by atoms with Crippen molar-refractivity contribution in [2.75, 3.05) is 4.90 Å². The number of anilines is 1. The molecule has 2 aromatic rings. The maximum Gasteiger partial charge on any atom is 0.345 e. The Balaban J connectivity index is 1.34. The molecule has 0 spiro atoms. The van der Waals surface area contributed by atoms with Crippen LogP contribution < -0.4 is 9.64 Å². The molecule has 0 aromatic heterocycles. The lowest BCUT2D eigenvalue weighted by molar-refractivity contribution is -0.123. The zero-order valence-electron chi connectivity index (χ0n) is 15.8. The molecular formula is C22H15Br2Cl2NO4. The van der Waals surface area contributed by atoms with Crippen molar-refractivity contribution >= 4 is 78.5 Å². The van der Waals surface area contributed by atoms with E-state index < -0.39 is 5.97 Å². The Labute approximate surface area is 205 Å². The highest BCUT2D eigenvalue weighted by atomic mass is 79.9. The Morgan fingerprint density at radius 3 is 2.06 bits per heavy atom. The molecule has 2 amide bonds. The van der Waals surface area contributed by atoms with Gasteiger partial charge in [-0.25, -0.2) is 4.79 Å². The summed E-state index contributed by atoms with van der Waals surface area (Å²) in [6.45, 7) is 0. The van der Waals surface area contributed by atoms with Crippen LogP contribution in [0.5, 0.6) is 5.75 Å². The first-order valence-electron chi connectivity index (χ1n) is 9.71. The molecule has 3 aliphatic rings. The van der Waals surface area contributed by atoms with E-state index in [0.29, 0.717) is 10.7 Å². The fraction of sp³-hybridized carbons (Fsp3) is 0.318. The highest BCUT2D eigenvalue weighted by Gasteiger charge is 2.66. The van der Waals surface area contributed by atoms with Gasteiger partial charge in [-0.15, -0.1) is 0 Å². The van der Waals surface area contributed by atoms with Crippen molar-refractivity contribution in [1.82, 2.24) is 0 Å². The summed E-state index contributed by atoms with van der Waals surface area (Å²) >= 11 is 19.3. The standard InChI is InChI=1S/C22H15Br2Cl2NO4/c23-18-13-8-14(19(18)24)17-16(13)20(28)27(21(17)29)10-2-4-11(5-3-10)31-22(30)12-6-1-9(25)7-15(12)26/h1-7,13-14,16-19H,8H2/t13-,14-,16-,17-,18+,19+/m1/s1. The van der Waals surface area contributed by atoms with Gasteiger partial charge in [0.2, 0.25) is 11.8 Å². The van der Waals surface area contributed by atoms with Crippen LogP contribution in [0.4, 0.5) is 5.69 Å². The average Bonchev–Trinajstić information content (AvgIpc) is 3.33. The second kappa shape index (κ2) is 7.87. The van der Waals surface area contributed by atoms with Gasteiger partial charge in [-0.05, 0) is 60.7 Å². The van der Waals surface area contributed by atoms with Gasteiger partial charge in [0.05, 0.1) is 28.1 Å². The van der Waals surface area contributed by atoms with Crippen LogP contribution >= 0.6 is 55.1 Å². The lowest BCUT2D eigenvalue weighted by Gasteiger charge is -2.28. The lowest BCUT2D eigenvalue weighted by atomic mass is 9.81. The van der Waals surface area contributed by atoms with E-state index in [1.54, 1.807) is 30.3 Å². The molecule has 2 aliphatic carbocycles. The molecular weight excluding hydrogens is 573 g/mol. The molecule has 0 radical (unpaired) electrons. The number of rotatable bonds is 3. The fourth-order valence-corrected chi connectivity index (χ4v) is 7.44. The molecule has 6 atom stereocenters. The number of imide groups is 1. The summed E-state index contributed by atoms with van der Waals surface area (Å²) in [7, 11) is 0. The number of hydrogen-bond acceptors (Lipinski definition) is 4. The van der Waals surface area contributed by atoms with Crippen molar-refractivity contribution < 1.29 is 19.1 Å². The maximum absolute atomic E-state index is 13.1. The fourth-order valence-electron chi connectivity index (χ4n) is 5.08. The Hall–Kier alpha value is -1.41. The van der Waals surface area contributed by atoms with Crippen LogP contribution in [-0.4, -0.2) is 27.4 Å². The first-order chi connectivity index (χ1) is 14.8. The molecule has 2 saturated carbocycles. The molecule has 31 heavy (non-hydrogen) atoms. The number of fused-ring (bicyclic) bond motifs is 5. The van der Waals surface area contributed by atoms with Gasteiger partial charge in [-0.3, -0.25) is 14.5 Å². The predicted molar refractivity (Wildman–Crippen MR) is 124 cm³/mol. The van der Waals surface area contributed by atoms with Gasteiger partial charge < -0.3 is 4.74 Å². The Bertz CT molecular complexity index is 1080. The third kappa shape index (κ3) is 3.36. The number of halogens is 4. The van der Waals surface area contributed by atoms with Gasteiger partial charge in [0.15, 0.2) is 0 Å². The molecule has 1 aliphatic heterocycles. The predicted octanol–water partition coefficient (Wildman–Crippen LogP) is 5.49. The van der Waals surface area contributed by atoms with Crippen LogP contribution in [0.15, 0.2) is 42.5 Å². The van der Waals surface area contributed by atoms with Crippen LogP contribution in [0.25, 0.3) is 0 Å². The number of carbonyl (C=O) groups excluding carboxylic acids is 3. The molecule has 9 heteroatoms. The second-order valence-corrected chi connectivity index (χ2v) is 11.0. The number of alkyl halides is 2. The van der Waals surface area contributed by atoms with Crippen molar-refractivity contribution in [2.45, 2.75) is 16.1 Å². The van der Waals surface area contributed by atoms with Crippen LogP contribution in [0.1, 0.15) is 16.8 Å². The highest BCUT2D eigenvalue weighted by Crippen LogP contribution is 2.60. The molecule has 2 bridgehead atoms. The number of carbonyl (C=O) groups is 3. The van der Waals surface area contributed by atoms with E-state index in [1.807, 2.05) is 0 Å². The van der Waals surface area contributed by atoms with Gasteiger partial charge in [0.25, 0.3) is 0 Å². The van der Waals surface area contributed by atoms with Crippen molar-refractivity contribution in [3.63, 3.8) is 0 Å². The third-order valence-electron chi connectivity index (χ3n) is 6.44. The Morgan fingerprint density at radius 2 is 1.52 bits per heavy atom. The number of amides is 2. The molecule has 2 aromatic carbocycles. The van der Waals surface area contributed by atoms with Crippen molar-refractivity contribution in [2.24, 2.45) is 23.7 Å². The summed E-state index contributed by atoms with van der Waals surface area (Å²) in [5.74, 6) is -0.885. The monoisotopic (exact) mass is 585 g/mol. The molecule has 1 saturated heterocycles. The van der Waals surface area contributed by atoms with E-state index in [4.69, 9.17) is 27.9 Å². The summed E-state index contributed by atoms with van der Waals surface area (Å²) in [4.78, 5) is 40.3. The van der Waals surface area contributed by atoms with Crippen LogP contribution in [-0.2, 0) is 9.59 Å². The highest BCUT2D eigenvalue weighted by molar-refractivity contribution is 9.12. The first-order valence-corrected chi connectivity index (χ1v) is 12.3. The topological polar surface area (TPSA) is 63.7 Å². The normalized spacial score (nSPS) is 31.3. The van der Waals surface area contributed by atoms with Crippen LogP contribution in [0.2, 0.25) is 10.0 Å². The first kappa shape index (κ1) is 21.4. The zero-order chi connectivity index (χ0) is 22.0. The smallest absolute Gasteiger partial charge is 0.345 e. The van der Waals surface area contributed by atoms with E-state index in [0.717, 1.165) is 6.42 Å². The van der Waals surface area contributed by atoms with Gasteiger partial charge >= 0.3 is 5.97 Å². The molecule has 160 valence electrons. The van der Waals surface area contributed by atoms with Gasteiger partial charge in [-0.1, -0.05) is 55.1 Å². The summed E-state index contributed by atoms with van der Waals surface area (Å²) in [5, 5.41) is 0.611. The Kier molecular flexibility index (Phi) is 5.44. The lowest BCUT2D eigenvalue weighted by Crippen LogP contribution is -2.37. The largest absolute Gasteiger partial charge is 0.423 e. The van der Waals surface area contributed by atoms with E-state index in [-0.39, 0.29) is 61.5 Å². The minimum absolute atomic E-state index is 0.149. The van der Waals surface area contributed by atoms with E-state index >= 15 is 0 Å². The molecule has 5 nitrogen and oxygen atoms in total. The van der Waals surface area contributed by atoms with E-state index in [9.17, 15) is 14.4 Å². The summed E-state index contributed by atoms with van der Waals surface area (Å²) in [6, 6.07) is 10.8. The third-order valence-corrected chi connectivity index (χ3v) is 10.2. The van der Waals surface area contributed by atoms with Gasteiger partial charge in [0, 0.05) is 14.7 Å². The van der Waals surface area contributed by atoms with Crippen molar-refractivity contribution in [1.29, 1.82) is 0 Å². The van der Waals surface area contributed by atoms with E-state index in [1.165, 1.54) is 17.0 Å². The van der Waals surface area contributed by atoms with Gasteiger partial charge in [-0.2, -0.15) is 0 Å². The summed E-state index contributed by atoms with van der Waals surface area (Å²) < 4.78 is 5.37. The maximum atomic E-state index is 13.1. The van der Waals surface area contributed by atoms with Crippen molar-refractivity contribution in [3.8, 4) is 5.75 Å². The second-order valence-electron chi connectivity index (χ2n) is 8.02. The quantitative estimate of drug-likeness (QED) is 0.206. The zero-order valence-corrected chi connectivity index (χ0v) is 20.5. The SMILES string of the molecule is O=C(Oc1ccc(N2C(=O)[C@@H]3[C@H]4C[C@@H]([C@H](Br)[C@H]4Br)[C@H]3C2=O)cc1)c1ccc(Cl)cc1Cl. The average molecular weight is 588 g/mol.